The molecule has 1 aliphatic heterocycles. The van der Waals surface area contributed by atoms with Crippen molar-refractivity contribution in [2.24, 2.45) is 5.11 Å². The molecule has 2 aromatic heterocycles. The van der Waals surface area contributed by atoms with Crippen LogP contribution in [0.2, 0.25) is 0 Å². The lowest BCUT2D eigenvalue weighted by atomic mass is 10.1. The van der Waals surface area contributed by atoms with Gasteiger partial charge in [-0.05, 0) is 34.9 Å². The number of nitrogens with two attached hydrogens (primary N) is 1. The van der Waals surface area contributed by atoms with Crippen molar-refractivity contribution >= 4 is 39.1 Å². The topological polar surface area (TPSA) is 229 Å². The number of carbonyl (C=O) groups excluding carboxylic acids is 1. The molecule has 0 bridgehead atoms. The number of halogens is 1. The van der Waals surface area contributed by atoms with Crippen molar-refractivity contribution in [3.8, 4) is 0 Å². The summed E-state index contributed by atoms with van der Waals surface area (Å²) in [6.07, 6.45) is -4.55. The van der Waals surface area contributed by atoms with Gasteiger partial charge in [0.05, 0.1) is 10.5 Å². The number of rotatable bonds is 6. The SMILES string of the molecule is [N-]=[N+]=Nc1nc2c(N)ncnc2n1[C@@H]1O[C@H](COC(=O)c2ccc(S(=O)(=O)F)cc2)[C@@H](O)[C@H]1O. The number of nitrogen functional groups attached to an aromatic ring is 1. The molecule has 1 aromatic carbocycles. The first kappa shape index (κ1) is 23.3. The number of imidazole rings is 1. The van der Waals surface area contributed by atoms with Gasteiger partial charge in [-0.1, -0.05) is 0 Å². The summed E-state index contributed by atoms with van der Waals surface area (Å²) in [5.74, 6) is -1.20. The molecule has 17 heteroatoms. The number of fused-ring (bicyclic) bond motifs is 1. The molecule has 0 radical (unpaired) electrons. The fourth-order valence-corrected chi connectivity index (χ4v) is 3.80. The Labute approximate surface area is 189 Å². The van der Waals surface area contributed by atoms with Crippen LogP contribution >= 0.6 is 0 Å². The van der Waals surface area contributed by atoms with Crippen LogP contribution in [0.5, 0.6) is 0 Å². The molecule has 3 heterocycles. The van der Waals surface area contributed by atoms with Gasteiger partial charge in [0.1, 0.15) is 31.2 Å². The quantitative estimate of drug-likeness (QED) is 0.140. The van der Waals surface area contributed by atoms with Gasteiger partial charge in [-0.25, -0.2) is 19.7 Å². The Morgan fingerprint density at radius 3 is 2.65 bits per heavy atom. The molecule has 1 fully saturated rings. The van der Waals surface area contributed by atoms with Crippen LogP contribution in [0.4, 0.5) is 15.7 Å². The maximum atomic E-state index is 13.0. The van der Waals surface area contributed by atoms with Crippen LogP contribution in [0, 0.1) is 0 Å². The summed E-state index contributed by atoms with van der Waals surface area (Å²) in [4.78, 5) is 26.1. The Balaban J connectivity index is 1.53. The van der Waals surface area contributed by atoms with Gasteiger partial charge < -0.3 is 25.4 Å². The second-order valence-corrected chi connectivity index (χ2v) is 8.36. The first-order chi connectivity index (χ1) is 16.1. The van der Waals surface area contributed by atoms with Crippen LogP contribution in [-0.2, 0) is 19.7 Å². The predicted octanol–water partition coefficient (Wildman–Crippen LogP) is 0.485. The van der Waals surface area contributed by atoms with Crippen molar-refractivity contribution in [1.29, 1.82) is 0 Å². The van der Waals surface area contributed by atoms with Gasteiger partial charge in [0, 0.05) is 4.91 Å². The van der Waals surface area contributed by atoms with Gasteiger partial charge in [0.25, 0.3) is 0 Å². The van der Waals surface area contributed by atoms with E-state index in [4.69, 9.17) is 20.7 Å². The number of aromatic nitrogens is 4. The monoisotopic (exact) mass is 494 g/mol. The summed E-state index contributed by atoms with van der Waals surface area (Å²) in [6, 6.07) is 3.88. The molecule has 4 rings (SSSR count). The number of aliphatic hydroxyl groups excluding tert-OH is 2. The van der Waals surface area contributed by atoms with Gasteiger partial charge >= 0.3 is 16.2 Å². The number of carbonyl (C=O) groups is 1. The molecule has 4 atom stereocenters. The summed E-state index contributed by atoms with van der Waals surface area (Å²) >= 11 is 0. The van der Waals surface area contributed by atoms with Gasteiger partial charge in [-0.15, -0.1) is 3.89 Å². The molecule has 0 spiro atoms. The third-order valence-electron chi connectivity index (χ3n) is 4.96. The van der Waals surface area contributed by atoms with E-state index in [2.05, 4.69) is 25.0 Å². The molecule has 0 aliphatic carbocycles. The van der Waals surface area contributed by atoms with Crippen LogP contribution in [0.1, 0.15) is 16.6 Å². The Morgan fingerprint density at radius 1 is 1.29 bits per heavy atom. The maximum Gasteiger partial charge on any atom is 0.338 e. The summed E-state index contributed by atoms with van der Waals surface area (Å²) in [5.41, 5.74) is 14.7. The third kappa shape index (κ3) is 4.20. The predicted molar refractivity (Wildman–Crippen MR) is 109 cm³/mol. The van der Waals surface area contributed by atoms with Crippen molar-refractivity contribution in [2.45, 2.75) is 29.4 Å². The first-order valence-corrected chi connectivity index (χ1v) is 10.8. The lowest BCUT2D eigenvalue weighted by Crippen LogP contribution is -2.34. The van der Waals surface area contributed by atoms with Gasteiger partial charge in [0.2, 0.25) is 5.95 Å². The van der Waals surface area contributed by atoms with Crippen molar-refractivity contribution in [3.63, 3.8) is 0 Å². The number of ether oxygens (including phenoxy) is 2. The summed E-state index contributed by atoms with van der Waals surface area (Å²) in [6.45, 7) is -0.517. The molecule has 0 saturated carbocycles. The van der Waals surface area contributed by atoms with Crippen LogP contribution in [0.3, 0.4) is 0 Å². The highest BCUT2D eigenvalue weighted by molar-refractivity contribution is 7.86. The Kier molecular flexibility index (Phi) is 6.03. The average molecular weight is 494 g/mol. The van der Waals surface area contributed by atoms with E-state index in [-0.39, 0.29) is 28.5 Å². The number of aliphatic hydroxyl groups is 2. The molecule has 1 saturated heterocycles. The molecule has 3 aromatic rings. The van der Waals surface area contributed by atoms with E-state index in [0.29, 0.717) is 0 Å². The molecular formula is C17H15FN8O7S. The molecule has 0 amide bonds. The number of azide groups is 1. The van der Waals surface area contributed by atoms with Crippen molar-refractivity contribution < 1.29 is 36.8 Å². The third-order valence-corrected chi connectivity index (χ3v) is 5.80. The largest absolute Gasteiger partial charge is 0.459 e. The fraction of sp³-hybridized carbons (Fsp3) is 0.294. The Hall–Kier alpha value is -3.89. The number of hydrogen-bond donors (Lipinski definition) is 3. The molecule has 4 N–H and O–H groups in total. The van der Waals surface area contributed by atoms with Gasteiger partial charge in [0.15, 0.2) is 23.2 Å². The summed E-state index contributed by atoms with van der Waals surface area (Å²) in [7, 11) is -4.93. The van der Waals surface area contributed by atoms with Gasteiger partial charge in [-0.3, -0.25) is 4.57 Å². The van der Waals surface area contributed by atoms with Gasteiger partial charge in [-0.2, -0.15) is 8.42 Å². The molecule has 34 heavy (non-hydrogen) atoms. The number of nitrogens with zero attached hydrogens (tertiary/aromatic N) is 7. The first-order valence-electron chi connectivity index (χ1n) is 9.38. The molecule has 178 valence electrons. The number of anilines is 1. The smallest absolute Gasteiger partial charge is 0.338 e. The fourth-order valence-electron chi connectivity index (χ4n) is 3.33. The van der Waals surface area contributed by atoms with Crippen LogP contribution in [0.25, 0.3) is 21.6 Å². The molecule has 15 nitrogen and oxygen atoms in total. The lowest BCUT2D eigenvalue weighted by molar-refractivity contribution is -0.0558. The highest BCUT2D eigenvalue weighted by atomic mass is 32.3. The summed E-state index contributed by atoms with van der Waals surface area (Å²) < 4.78 is 46.6. The zero-order valence-electron chi connectivity index (χ0n) is 16.8. The Morgan fingerprint density at radius 2 is 2.00 bits per heavy atom. The number of benzene rings is 1. The highest BCUT2D eigenvalue weighted by Crippen LogP contribution is 2.36. The van der Waals surface area contributed by atoms with Crippen LogP contribution in [0.15, 0.2) is 40.6 Å². The molecule has 0 unspecified atom stereocenters. The van der Waals surface area contributed by atoms with E-state index in [0.717, 1.165) is 35.2 Å². The van der Waals surface area contributed by atoms with E-state index in [9.17, 15) is 27.3 Å². The minimum atomic E-state index is -4.93. The van der Waals surface area contributed by atoms with E-state index < -0.39 is 52.2 Å². The highest BCUT2D eigenvalue weighted by Gasteiger charge is 2.45. The number of esters is 1. The molecule has 1 aliphatic rings. The van der Waals surface area contributed by atoms with E-state index in [1.54, 1.807) is 0 Å². The zero-order chi connectivity index (χ0) is 24.6. The van der Waals surface area contributed by atoms with E-state index in [1.807, 2.05) is 0 Å². The van der Waals surface area contributed by atoms with E-state index in [1.165, 1.54) is 0 Å². The van der Waals surface area contributed by atoms with E-state index >= 15 is 0 Å². The van der Waals surface area contributed by atoms with Crippen molar-refractivity contribution in [1.82, 2.24) is 19.5 Å². The Bertz CT molecular complexity index is 1410. The minimum Gasteiger partial charge on any atom is -0.459 e. The number of hydrogen-bond acceptors (Lipinski definition) is 12. The molecular weight excluding hydrogens is 479 g/mol. The zero-order valence-corrected chi connectivity index (χ0v) is 17.6. The average Bonchev–Trinajstić information content (AvgIpc) is 3.30. The second-order valence-electron chi connectivity index (χ2n) is 7.01. The lowest BCUT2D eigenvalue weighted by Gasteiger charge is -2.18. The van der Waals surface area contributed by atoms with Crippen LogP contribution < -0.4 is 5.73 Å². The summed E-state index contributed by atoms with van der Waals surface area (Å²) in [5, 5.41) is 24.4. The maximum absolute atomic E-state index is 13.0. The second kappa shape index (κ2) is 8.81. The van der Waals surface area contributed by atoms with Crippen molar-refractivity contribution in [2.75, 3.05) is 12.3 Å². The normalized spacial score (nSPS) is 22.4. The standard InChI is InChI=1S/C17H15FN8O7S/c18-34(30,31)8-3-1-7(2-4-8)16(29)32-5-9-11(27)12(28)15(33-9)26-14-10(13(19)21-6-22-14)23-17(26)24-25-20/h1-4,6,9,11-12,15,27-28H,5H2,(H2,19,21,22)/t9-,11-,12-,15-/m1/s1. The van der Waals surface area contributed by atoms with Crippen molar-refractivity contribution in [3.05, 3.63) is 46.6 Å². The minimum absolute atomic E-state index is 0.0248. The van der Waals surface area contributed by atoms with Crippen LogP contribution in [-0.4, -0.2) is 69.0 Å².